The predicted octanol–water partition coefficient (Wildman–Crippen LogP) is -0.832. The van der Waals surface area contributed by atoms with Crippen LogP contribution < -0.4 is 0 Å². The molecule has 12 unspecified atom stereocenters. The molecule has 0 spiro atoms. The number of aliphatic hydroxyl groups is 5. The Labute approximate surface area is 175 Å². The molecule has 2 aliphatic heterocycles. The largest absolute Gasteiger partial charge is 0.462 e. The molecule has 4 aliphatic rings. The second kappa shape index (κ2) is 8.27. The molecule has 0 bridgehead atoms. The van der Waals surface area contributed by atoms with Gasteiger partial charge in [-0.2, -0.15) is 0 Å². The maximum Gasteiger partial charge on any atom is 0.309 e. The van der Waals surface area contributed by atoms with Gasteiger partial charge in [-0.3, -0.25) is 4.79 Å². The van der Waals surface area contributed by atoms with Gasteiger partial charge < -0.3 is 39.7 Å². The molecule has 0 aromatic heterocycles. The third-order valence-electron chi connectivity index (χ3n) is 8.22. The number of hydrogen-bond donors (Lipinski definition) is 5. The second-order valence-corrected chi connectivity index (χ2v) is 9.81. The lowest BCUT2D eigenvalue weighted by molar-refractivity contribution is -0.306. The van der Waals surface area contributed by atoms with Crippen molar-refractivity contribution in [2.24, 2.45) is 29.1 Å². The van der Waals surface area contributed by atoms with Crippen LogP contribution in [0, 0.1) is 29.1 Å². The highest BCUT2D eigenvalue weighted by Gasteiger charge is 2.60. The average molecular weight is 430 g/mol. The number of fused-ring (bicyclic) bond motifs is 3. The van der Waals surface area contributed by atoms with Gasteiger partial charge in [-0.05, 0) is 31.6 Å². The Hall–Kier alpha value is -0.810. The molecule has 9 heteroatoms. The van der Waals surface area contributed by atoms with Crippen LogP contribution in [0.25, 0.3) is 0 Å². The summed E-state index contributed by atoms with van der Waals surface area (Å²) in [6.07, 6.45) is -4.43. The van der Waals surface area contributed by atoms with Gasteiger partial charge in [0.25, 0.3) is 0 Å². The van der Waals surface area contributed by atoms with Crippen LogP contribution >= 0.6 is 0 Å². The molecule has 0 aromatic rings. The monoisotopic (exact) mass is 430 g/mol. The highest BCUT2D eigenvalue weighted by atomic mass is 16.7. The predicted molar refractivity (Wildman–Crippen MR) is 102 cm³/mol. The summed E-state index contributed by atoms with van der Waals surface area (Å²) in [5.74, 6) is -0.348. The van der Waals surface area contributed by atoms with E-state index in [1.54, 1.807) is 0 Å². The molecule has 2 saturated heterocycles. The SMILES string of the molecule is CC1C(=O)OC2C1CCC1(C)C(O)CCC(COC3OC(CO)C(O)C(O)C3O)C21. The van der Waals surface area contributed by atoms with Crippen LogP contribution in [0.5, 0.6) is 0 Å². The summed E-state index contributed by atoms with van der Waals surface area (Å²) in [5, 5.41) is 50.3. The highest BCUT2D eigenvalue weighted by molar-refractivity contribution is 5.75. The summed E-state index contributed by atoms with van der Waals surface area (Å²) in [6, 6.07) is 0. The first-order valence-corrected chi connectivity index (χ1v) is 11.0. The molecule has 2 saturated carbocycles. The van der Waals surface area contributed by atoms with Crippen molar-refractivity contribution in [2.75, 3.05) is 13.2 Å². The number of carbonyl (C=O) groups excluding carboxylic acids is 1. The number of rotatable bonds is 4. The van der Waals surface area contributed by atoms with E-state index in [9.17, 15) is 30.3 Å². The van der Waals surface area contributed by atoms with Crippen molar-refractivity contribution in [1.29, 1.82) is 0 Å². The number of carbonyl (C=O) groups is 1. The molecule has 30 heavy (non-hydrogen) atoms. The fourth-order valence-corrected chi connectivity index (χ4v) is 6.25. The van der Waals surface area contributed by atoms with E-state index in [0.717, 1.165) is 12.8 Å². The molecular formula is C21H34O9. The van der Waals surface area contributed by atoms with Crippen LogP contribution in [0.15, 0.2) is 0 Å². The van der Waals surface area contributed by atoms with Crippen LogP contribution in [0.3, 0.4) is 0 Å². The summed E-state index contributed by atoms with van der Waals surface area (Å²) in [6.45, 7) is 3.62. The topological polar surface area (TPSA) is 146 Å². The molecule has 0 radical (unpaired) electrons. The second-order valence-electron chi connectivity index (χ2n) is 9.81. The van der Waals surface area contributed by atoms with Gasteiger partial charge in [-0.1, -0.05) is 13.8 Å². The Morgan fingerprint density at radius 3 is 2.53 bits per heavy atom. The molecule has 9 nitrogen and oxygen atoms in total. The molecule has 2 aliphatic carbocycles. The van der Waals surface area contributed by atoms with Crippen LogP contribution in [0.4, 0.5) is 0 Å². The fourth-order valence-electron chi connectivity index (χ4n) is 6.25. The Kier molecular flexibility index (Phi) is 6.17. The van der Waals surface area contributed by atoms with Crippen LogP contribution in [-0.2, 0) is 19.0 Å². The van der Waals surface area contributed by atoms with Crippen molar-refractivity contribution in [3.63, 3.8) is 0 Å². The van der Waals surface area contributed by atoms with Gasteiger partial charge in [-0.15, -0.1) is 0 Å². The summed E-state index contributed by atoms with van der Waals surface area (Å²) < 4.78 is 17.1. The lowest BCUT2D eigenvalue weighted by atomic mass is 9.52. The summed E-state index contributed by atoms with van der Waals surface area (Å²) in [7, 11) is 0. The number of hydrogen-bond acceptors (Lipinski definition) is 9. The van der Waals surface area contributed by atoms with E-state index in [0.29, 0.717) is 12.8 Å². The van der Waals surface area contributed by atoms with Gasteiger partial charge >= 0.3 is 5.97 Å². The number of esters is 1. The quantitative estimate of drug-likeness (QED) is 0.361. The van der Waals surface area contributed by atoms with E-state index >= 15 is 0 Å². The van der Waals surface area contributed by atoms with E-state index in [1.165, 1.54) is 0 Å². The molecule has 4 rings (SSSR count). The van der Waals surface area contributed by atoms with Gasteiger partial charge in [0, 0.05) is 17.3 Å². The molecule has 12 atom stereocenters. The van der Waals surface area contributed by atoms with Crippen molar-refractivity contribution < 1.29 is 44.5 Å². The molecule has 4 fully saturated rings. The lowest BCUT2D eigenvalue weighted by Gasteiger charge is -2.55. The van der Waals surface area contributed by atoms with Gasteiger partial charge in [0.2, 0.25) is 0 Å². The van der Waals surface area contributed by atoms with Crippen LogP contribution in [-0.4, -0.2) is 87.6 Å². The minimum atomic E-state index is -1.49. The van der Waals surface area contributed by atoms with Gasteiger partial charge in [0.05, 0.1) is 25.2 Å². The maximum absolute atomic E-state index is 12.2. The van der Waals surface area contributed by atoms with E-state index < -0.39 is 48.8 Å². The average Bonchev–Trinajstić information content (AvgIpc) is 3.01. The first-order valence-electron chi connectivity index (χ1n) is 11.0. The van der Waals surface area contributed by atoms with Crippen molar-refractivity contribution in [2.45, 2.75) is 82.4 Å². The molecule has 5 N–H and O–H groups in total. The van der Waals surface area contributed by atoms with Gasteiger partial charge in [-0.25, -0.2) is 0 Å². The standard InChI is InChI=1S/C21H34O9/c1-9-11-5-6-21(2)13(23)4-3-10(14(21)18(11)30-19(9)27)8-28-20-17(26)16(25)15(24)12(7-22)29-20/h9-18,20,22-26H,3-8H2,1-2H3. The van der Waals surface area contributed by atoms with Crippen molar-refractivity contribution in [3.8, 4) is 0 Å². The summed E-state index contributed by atoms with van der Waals surface area (Å²) in [4.78, 5) is 12.2. The molecule has 0 aromatic carbocycles. The van der Waals surface area contributed by atoms with Crippen LogP contribution in [0.2, 0.25) is 0 Å². The van der Waals surface area contributed by atoms with Gasteiger partial charge in [0.15, 0.2) is 6.29 Å². The van der Waals surface area contributed by atoms with Crippen LogP contribution in [0.1, 0.15) is 39.5 Å². The number of aliphatic hydroxyl groups excluding tert-OH is 5. The minimum Gasteiger partial charge on any atom is -0.462 e. The smallest absolute Gasteiger partial charge is 0.309 e. The third kappa shape index (κ3) is 3.48. The lowest BCUT2D eigenvalue weighted by Crippen LogP contribution is -2.60. The first-order chi connectivity index (χ1) is 14.2. The summed E-state index contributed by atoms with van der Waals surface area (Å²) >= 11 is 0. The van der Waals surface area contributed by atoms with E-state index in [1.807, 2.05) is 6.92 Å². The third-order valence-corrected chi connectivity index (χ3v) is 8.22. The first kappa shape index (κ1) is 22.4. The zero-order valence-electron chi connectivity index (χ0n) is 17.5. The van der Waals surface area contributed by atoms with E-state index in [2.05, 4.69) is 6.92 Å². The zero-order valence-corrected chi connectivity index (χ0v) is 17.5. The highest BCUT2D eigenvalue weighted by Crippen LogP contribution is 2.58. The maximum atomic E-state index is 12.2. The van der Waals surface area contributed by atoms with Gasteiger partial charge in [0.1, 0.15) is 30.5 Å². The number of ether oxygens (including phenoxy) is 3. The Morgan fingerprint density at radius 2 is 1.83 bits per heavy atom. The molecule has 172 valence electrons. The van der Waals surface area contributed by atoms with Crippen molar-refractivity contribution in [1.82, 2.24) is 0 Å². The Morgan fingerprint density at radius 1 is 1.10 bits per heavy atom. The Bertz CT molecular complexity index is 642. The Balaban J connectivity index is 1.50. The van der Waals surface area contributed by atoms with E-state index in [-0.39, 0.29) is 42.4 Å². The van der Waals surface area contributed by atoms with E-state index in [4.69, 9.17) is 14.2 Å². The van der Waals surface area contributed by atoms with Crippen molar-refractivity contribution >= 4 is 5.97 Å². The molecular weight excluding hydrogens is 396 g/mol. The van der Waals surface area contributed by atoms with Crippen molar-refractivity contribution in [3.05, 3.63) is 0 Å². The fraction of sp³-hybridized carbons (Fsp3) is 0.952. The molecule has 2 heterocycles. The minimum absolute atomic E-state index is 0.0309. The normalized spacial score (nSPS) is 53.7. The molecule has 0 amide bonds. The summed E-state index contributed by atoms with van der Waals surface area (Å²) in [5.41, 5.74) is -0.396. The zero-order chi connectivity index (χ0) is 21.8.